The monoisotopic (exact) mass is 1520 g/mol. The predicted molar refractivity (Wildman–Crippen MR) is 428 cm³/mol. The molecular weight excluding hydrogens is 1350 g/mol. The highest BCUT2D eigenvalue weighted by atomic mass is 31.2. The van der Waals surface area contributed by atoms with Gasteiger partial charge < -0.3 is 33.8 Å². The number of esters is 4. The number of hydrogen-bond acceptors (Lipinski definition) is 15. The van der Waals surface area contributed by atoms with Crippen LogP contribution in [0.4, 0.5) is 0 Å². The molecule has 0 aromatic rings. The Labute approximate surface area is 638 Å². The third kappa shape index (κ3) is 78.2. The number of rotatable bonds is 84. The van der Waals surface area contributed by atoms with Crippen LogP contribution in [0.25, 0.3) is 0 Å². The molecule has 0 aliphatic carbocycles. The Bertz CT molecular complexity index is 1990. The van der Waals surface area contributed by atoms with Crippen LogP contribution in [-0.2, 0) is 65.4 Å². The molecule has 0 radical (unpaired) electrons. The van der Waals surface area contributed by atoms with Gasteiger partial charge in [0.05, 0.1) is 26.4 Å². The number of ether oxygens (including phenoxy) is 4. The van der Waals surface area contributed by atoms with Gasteiger partial charge in [0.15, 0.2) is 12.2 Å². The van der Waals surface area contributed by atoms with Gasteiger partial charge >= 0.3 is 39.5 Å². The molecule has 0 fully saturated rings. The smallest absolute Gasteiger partial charge is 0.462 e. The fourth-order valence-electron chi connectivity index (χ4n) is 13.2. The zero-order valence-corrected chi connectivity index (χ0v) is 70.1. The van der Waals surface area contributed by atoms with Crippen LogP contribution < -0.4 is 0 Å². The standard InChI is InChI=1S/C85H166O17P2/c1-7-9-11-13-15-17-19-21-22-23-27-31-38-44-50-56-62-68-83(88)96-74-80(101-84(89)69-63-57-51-45-39-32-28-25-24-26-30-35-41-47-53-59-65-77(3)4)75-99-103(91,92)97-71-79(86)72-98-104(93,94)100-76-81(73-95-82(87)67-61-55-49-43-37-29-20-18-16-14-12-10-8-2)102-85(90)70-64-58-52-46-40-34-33-36-42-48-54-60-66-78(5)6/h77-81,86H,7-76H2,1-6H3,(H,91,92)(H,93,94)/t79-,80-,81-/m1/s1. The quantitative estimate of drug-likeness (QED) is 0.0222. The first-order valence-corrected chi connectivity index (χ1v) is 47.0. The van der Waals surface area contributed by atoms with E-state index in [-0.39, 0.29) is 25.7 Å². The first kappa shape index (κ1) is 102. The van der Waals surface area contributed by atoms with Gasteiger partial charge in [-0.25, -0.2) is 9.13 Å². The molecule has 0 aliphatic heterocycles. The van der Waals surface area contributed by atoms with Gasteiger partial charge in [0, 0.05) is 25.7 Å². The normalized spacial score (nSPS) is 13.8. The summed E-state index contributed by atoms with van der Waals surface area (Å²) in [5.41, 5.74) is 0. The highest BCUT2D eigenvalue weighted by Crippen LogP contribution is 2.45. The van der Waals surface area contributed by atoms with Crippen molar-refractivity contribution in [1.82, 2.24) is 0 Å². The molecule has 104 heavy (non-hydrogen) atoms. The van der Waals surface area contributed by atoms with E-state index in [4.69, 9.17) is 37.0 Å². The second-order valence-corrected chi connectivity index (χ2v) is 34.4. The lowest BCUT2D eigenvalue weighted by Crippen LogP contribution is -2.30. The van der Waals surface area contributed by atoms with Crippen molar-refractivity contribution in [3.8, 4) is 0 Å². The minimum Gasteiger partial charge on any atom is -0.462 e. The van der Waals surface area contributed by atoms with E-state index < -0.39 is 97.5 Å². The van der Waals surface area contributed by atoms with Crippen LogP contribution in [0, 0.1) is 11.8 Å². The van der Waals surface area contributed by atoms with E-state index in [0.29, 0.717) is 25.7 Å². The maximum absolute atomic E-state index is 13.1. The largest absolute Gasteiger partial charge is 0.472 e. The summed E-state index contributed by atoms with van der Waals surface area (Å²) in [5.74, 6) is -0.514. The summed E-state index contributed by atoms with van der Waals surface area (Å²) in [7, 11) is -9.93. The summed E-state index contributed by atoms with van der Waals surface area (Å²) in [5, 5.41) is 10.7. The van der Waals surface area contributed by atoms with Crippen LogP contribution in [0.1, 0.15) is 452 Å². The highest BCUT2D eigenvalue weighted by molar-refractivity contribution is 7.47. The molecule has 17 nitrogen and oxygen atoms in total. The number of hydrogen-bond donors (Lipinski definition) is 3. The molecule has 0 bridgehead atoms. The van der Waals surface area contributed by atoms with Crippen molar-refractivity contribution < 1.29 is 80.2 Å². The summed E-state index contributed by atoms with van der Waals surface area (Å²) in [4.78, 5) is 73.2. The molecule has 0 aliphatic rings. The number of phosphoric acid groups is 2. The Balaban J connectivity index is 5.27. The molecule has 0 saturated carbocycles. The fraction of sp³-hybridized carbons (Fsp3) is 0.953. The van der Waals surface area contributed by atoms with Crippen molar-refractivity contribution in [2.75, 3.05) is 39.6 Å². The van der Waals surface area contributed by atoms with Gasteiger partial charge in [-0.15, -0.1) is 0 Å². The van der Waals surface area contributed by atoms with Crippen LogP contribution in [-0.4, -0.2) is 96.7 Å². The molecule has 0 saturated heterocycles. The number of aliphatic hydroxyl groups excluding tert-OH is 1. The molecule has 0 aromatic carbocycles. The zero-order chi connectivity index (χ0) is 76.4. The van der Waals surface area contributed by atoms with E-state index in [1.165, 1.54) is 270 Å². The minimum absolute atomic E-state index is 0.108. The van der Waals surface area contributed by atoms with Gasteiger partial charge in [0.25, 0.3) is 0 Å². The molecule has 618 valence electrons. The Morgan fingerprint density at radius 3 is 0.654 bits per heavy atom. The molecule has 19 heteroatoms. The van der Waals surface area contributed by atoms with Gasteiger partial charge in [-0.05, 0) is 37.5 Å². The van der Waals surface area contributed by atoms with Crippen molar-refractivity contribution >= 4 is 39.5 Å². The maximum Gasteiger partial charge on any atom is 0.472 e. The molecular formula is C85H166O17P2. The number of carbonyl (C=O) groups is 4. The molecule has 2 unspecified atom stereocenters. The van der Waals surface area contributed by atoms with Crippen LogP contribution >= 0.6 is 15.6 Å². The van der Waals surface area contributed by atoms with Gasteiger partial charge in [-0.2, -0.15) is 0 Å². The summed E-state index contributed by atoms with van der Waals surface area (Å²) in [6, 6.07) is 0. The molecule has 0 amide bonds. The zero-order valence-electron chi connectivity index (χ0n) is 68.3. The third-order valence-corrected chi connectivity index (χ3v) is 21.9. The number of unbranched alkanes of at least 4 members (excludes halogenated alkanes) is 54. The predicted octanol–water partition coefficient (Wildman–Crippen LogP) is 25.8. The summed E-state index contributed by atoms with van der Waals surface area (Å²) < 4.78 is 68.9. The highest BCUT2D eigenvalue weighted by Gasteiger charge is 2.30. The van der Waals surface area contributed by atoms with Gasteiger partial charge in [0.2, 0.25) is 0 Å². The van der Waals surface area contributed by atoms with Crippen molar-refractivity contribution in [2.24, 2.45) is 11.8 Å². The first-order valence-electron chi connectivity index (χ1n) is 44.0. The lowest BCUT2D eigenvalue weighted by Gasteiger charge is -2.21. The van der Waals surface area contributed by atoms with E-state index in [1.54, 1.807) is 0 Å². The third-order valence-electron chi connectivity index (χ3n) is 20.0. The summed E-state index contributed by atoms with van der Waals surface area (Å²) in [6.45, 7) is 9.71. The maximum atomic E-state index is 13.1. The van der Waals surface area contributed by atoms with Crippen LogP contribution in [0.2, 0.25) is 0 Å². The van der Waals surface area contributed by atoms with Crippen LogP contribution in [0.15, 0.2) is 0 Å². The van der Waals surface area contributed by atoms with E-state index in [9.17, 15) is 43.2 Å². The minimum atomic E-state index is -4.97. The topological polar surface area (TPSA) is 237 Å². The average molecular weight is 1520 g/mol. The van der Waals surface area contributed by atoms with Crippen molar-refractivity contribution in [2.45, 2.75) is 471 Å². The van der Waals surface area contributed by atoms with E-state index in [1.807, 2.05) is 0 Å². The SMILES string of the molecule is CCCCCCCCCCCCCCCCCCCC(=O)OC[C@H](COP(=O)(O)OC[C@@H](O)COP(=O)(O)OC[C@@H](COC(=O)CCCCCCCCCCCCCCC)OC(=O)CCCCCCCCCCCCCCC(C)C)OC(=O)CCCCCCCCCCCCCCCCCCC(C)C. The fourth-order valence-corrected chi connectivity index (χ4v) is 14.8. The number of carbonyl (C=O) groups excluding carboxylic acids is 4. The second kappa shape index (κ2) is 76.4. The van der Waals surface area contributed by atoms with Gasteiger partial charge in [-0.3, -0.25) is 37.3 Å². The Kier molecular flexibility index (Phi) is 75.0. The van der Waals surface area contributed by atoms with E-state index in [2.05, 4.69) is 41.5 Å². The van der Waals surface area contributed by atoms with Crippen molar-refractivity contribution in [3.05, 3.63) is 0 Å². The molecule has 0 spiro atoms. The lowest BCUT2D eigenvalue weighted by atomic mass is 10.0. The first-order chi connectivity index (χ1) is 50.4. The number of aliphatic hydroxyl groups is 1. The molecule has 3 N–H and O–H groups in total. The van der Waals surface area contributed by atoms with Crippen molar-refractivity contribution in [3.63, 3.8) is 0 Å². The van der Waals surface area contributed by atoms with Gasteiger partial charge in [-0.1, -0.05) is 401 Å². The Morgan fingerprint density at radius 1 is 0.260 bits per heavy atom. The Morgan fingerprint density at radius 2 is 0.442 bits per heavy atom. The van der Waals surface area contributed by atoms with E-state index >= 15 is 0 Å². The number of phosphoric ester groups is 2. The second-order valence-electron chi connectivity index (χ2n) is 31.5. The van der Waals surface area contributed by atoms with Gasteiger partial charge in [0.1, 0.15) is 19.3 Å². The lowest BCUT2D eigenvalue weighted by molar-refractivity contribution is -0.161. The summed E-state index contributed by atoms with van der Waals surface area (Å²) in [6.07, 6.45) is 67.9. The van der Waals surface area contributed by atoms with Crippen LogP contribution in [0.5, 0.6) is 0 Å². The molecule has 0 aromatic heterocycles. The van der Waals surface area contributed by atoms with E-state index in [0.717, 1.165) is 102 Å². The molecule has 0 rings (SSSR count). The average Bonchev–Trinajstić information content (AvgIpc) is 0.912. The van der Waals surface area contributed by atoms with Crippen LogP contribution in [0.3, 0.4) is 0 Å². The summed E-state index contributed by atoms with van der Waals surface area (Å²) >= 11 is 0. The van der Waals surface area contributed by atoms with Crippen molar-refractivity contribution in [1.29, 1.82) is 0 Å². The Hall–Kier alpha value is -1.94. The molecule has 0 heterocycles. The molecule has 5 atom stereocenters.